The molecule has 0 bridgehead atoms. The van der Waals surface area contributed by atoms with E-state index in [1.54, 1.807) is 0 Å². The molecule has 2 fully saturated rings. The third kappa shape index (κ3) is 3.18. The first kappa shape index (κ1) is 11.8. The van der Waals surface area contributed by atoms with Gasteiger partial charge in [-0.3, -0.25) is 4.79 Å². The summed E-state index contributed by atoms with van der Waals surface area (Å²) in [6.07, 6.45) is 13.3. The van der Waals surface area contributed by atoms with Crippen LogP contribution in [0.3, 0.4) is 0 Å². The van der Waals surface area contributed by atoms with Crippen LogP contribution in [-0.2, 0) is 9.53 Å². The van der Waals surface area contributed by atoms with Crippen LogP contribution in [0.25, 0.3) is 0 Å². The number of hydrogen-bond acceptors (Lipinski definition) is 2. The maximum Gasteiger partial charge on any atom is 0.225 e. The highest BCUT2D eigenvalue weighted by atomic mass is 16.6. The zero-order valence-electron chi connectivity index (χ0n) is 10.1. The molecule has 0 aromatic rings. The van der Waals surface area contributed by atoms with E-state index in [-0.39, 0.29) is 0 Å². The van der Waals surface area contributed by atoms with Gasteiger partial charge in [-0.1, -0.05) is 24.8 Å². The van der Waals surface area contributed by atoms with Gasteiger partial charge in [-0.15, -0.1) is 0 Å². The number of rotatable bonds is 5. The van der Waals surface area contributed by atoms with Crippen molar-refractivity contribution < 1.29 is 9.53 Å². The Morgan fingerprint density at radius 1 is 1.38 bits per heavy atom. The molecule has 1 saturated heterocycles. The molecule has 2 rings (SSSR count). The van der Waals surface area contributed by atoms with Gasteiger partial charge in [0, 0.05) is 0 Å². The van der Waals surface area contributed by atoms with Gasteiger partial charge in [0.05, 0.1) is 12.2 Å². The summed E-state index contributed by atoms with van der Waals surface area (Å²) in [6, 6.07) is 0. The van der Waals surface area contributed by atoms with E-state index < -0.39 is 0 Å². The number of epoxide rings is 1. The van der Waals surface area contributed by atoms with Gasteiger partial charge in [0.15, 0.2) is 0 Å². The summed E-state index contributed by atoms with van der Waals surface area (Å²) in [7, 11) is 0. The molecule has 0 aromatic heterocycles. The molecule has 2 aliphatic rings. The molecule has 1 heterocycles. The summed E-state index contributed by atoms with van der Waals surface area (Å²) in [5.74, 6) is 0.820. The third-order valence-corrected chi connectivity index (χ3v) is 3.86. The second-order valence-corrected chi connectivity index (χ2v) is 5.18. The molecule has 1 saturated carbocycles. The fraction of sp³-hybridized carbons (Fsp3) is 0.786. The Kier molecular flexibility index (Phi) is 4.16. The number of ether oxygens (including phenoxy) is 1. The monoisotopic (exact) mass is 221 g/mol. The molecule has 1 aliphatic carbocycles. The first-order valence-corrected chi connectivity index (χ1v) is 6.50. The van der Waals surface area contributed by atoms with E-state index >= 15 is 0 Å². The van der Waals surface area contributed by atoms with Crippen LogP contribution in [0.15, 0.2) is 11.6 Å². The number of carbonyl (C=O) groups excluding carboxylic acids is 1. The molecule has 2 unspecified atom stereocenters. The number of hydrogen-bond donors (Lipinski definition) is 0. The van der Waals surface area contributed by atoms with E-state index in [0.717, 1.165) is 24.3 Å². The van der Waals surface area contributed by atoms with Crippen molar-refractivity contribution in [3.63, 3.8) is 0 Å². The minimum Gasteiger partial charge on any atom is -0.369 e. The maximum atomic E-state index is 10.2. The lowest BCUT2D eigenvalue weighted by Crippen LogP contribution is -2.14. The molecule has 16 heavy (non-hydrogen) atoms. The molecule has 1 radical (unpaired) electrons. The first-order valence-electron chi connectivity index (χ1n) is 6.50. The summed E-state index contributed by atoms with van der Waals surface area (Å²) in [5.41, 5.74) is 1.12. The Balaban J connectivity index is 1.66. The Bertz CT molecular complexity index is 264. The topological polar surface area (TPSA) is 29.6 Å². The molecule has 2 nitrogen and oxygen atoms in total. The van der Waals surface area contributed by atoms with Gasteiger partial charge < -0.3 is 4.74 Å². The predicted molar refractivity (Wildman–Crippen MR) is 63.9 cm³/mol. The Morgan fingerprint density at radius 2 is 2.12 bits per heavy atom. The van der Waals surface area contributed by atoms with Crippen molar-refractivity contribution in [3.05, 3.63) is 11.6 Å². The predicted octanol–water partition coefficient (Wildman–Crippen LogP) is 3.17. The molecule has 1 aliphatic heterocycles. The Hall–Kier alpha value is -0.630. The molecule has 0 spiro atoms. The van der Waals surface area contributed by atoms with E-state index in [9.17, 15) is 4.79 Å². The average molecular weight is 221 g/mol. The molecule has 2 atom stereocenters. The lowest BCUT2D eigenvalue weighted by molar-refractivity contribution is 0.261. The van der Waals surface area contributed by atoms with E-state index in [1.807, 2.05) is 13.2 Å². The van der Waals surface area contributed by atoms with Gasteiger partial charge in [0.2, 0.25) is 6.29 Å². The molecule has 0 aromatic carbocycles. The van der Waals surface area contributed by atoms with Gasteiger partial charge in [-0.05, 0) is 44.6 Å². The summed E-state index contributed by atoms with van der Waals surface area (Å²) >= 11 is 0. The Morgan fingerprint density at radius 3 is 2.81 bits per heavy atom. The van der Waals surface area contributed by atoms with E-state index in [2.05, 4.69) is 0 Å². The van der Waals surface area contributed by atoms with Crippen molar-refractivity contribution in [3.8, 4) is 0 Å². The van der Waals surface area contributed by atoms with Gasteiger partial charge in [0.1, 0.15) is 0 Å². The smallest absolute Gasteiger partial charge is 0.225 e. The second kappa shape index (κ2) is 5.62. The van der Waals surface area contributed by atoms with Crippen LogP contribution in [0.1, 0.15) is 51.9 Å². The zero-order chi connectivity index (χ0) is 11.4. The van der Waals surface area contributed by atoms with Crippen LogP contribution >= 0.6 is 0 Å². The molecular weight excluding hydrogens is 200 g/mol. The normalized spacial score (nSPS) is 31.4. The lowest BCUT2D eigenvalue weighted by atomic mass is 9.85. The fourth-order valence-electron chi connectivity index (χ4n) is 2.81. The zero-order valence-corrected chi connectivity index (χ0v) is 10.1. The van der Waals surface area contributed by atoms with Crippen molar-refractivity contribution in [2.75, 3.05) is 0 Å². The van der Waals surface area contributed by atoms with Gasteiger partial charge >= 0.3 is 0 Å². The average Bonchev–Trinajstić information content (AvgIpc) is 3.07. The highest BCUT2D eigenvalue weighted by Gasteiger charge is 2.43. The summed E-state index contributed by atoms with van der Waals surface area (Å²) in [6.45, 7) is 1.99. The van der Waals surface area contributed by atoms with Crippen molar-refractivity contribution >= 4 is 6.29 Å². The van der Waals surface area contributed by atoms with Crippen LogP contribution in [-0.4, -0.2) is 18.5 Å². The van der Waals surface area contributed by atoms with Crippen molar-refractivity contribution in [1.29, 1.82) is 0 Å². The maximum absolute atomic E-state index is 10.2. The van der Waals surface area contributed by atoms with Crippen LogP contribution in [0.2, 0.25) is 0 Å². The lowest BCUT2D eigenvalue weighted by Gasteiger charge is -2.19. The minimum atomic E-state index is 0.470. The van der Waals surface area contributed by atoms with Crippen molar-refractivity contribution in [1.82, 2.24) is 0 Å². The van der Waals surface area contributed by atoms with Crippen LogP contribution in [0.4, 0.5) is 0 Å². The summed E-state index contributed by atoms with van der Waals surface area (Å²) in [5, 5.41) is 0. The van der Waals surface area contributed by atoms with Gasteiger partial charge in [0.25, 0.3) is 0 Å². The van der Waals surface area contributed by atoms with Crippen LogP contribution < -0.4 is 0 Å². The highest BCUT2D eigenvalue weighted by Crippen LogP contribution is 2.40. The standard InChI is InChI=1S/C14H21O2/c1-11(9-10-15)7-8-13-14(16-13)12-5-3-2-4-6-12/h9,12-14H,2-8H2,1H3. The van der Waals surface area contributed by atoms with E-state index in [1.165, 1.54) is 38.2 Å². The van der Waals surface area contributed by atoms with Crippen molar-refractivity contribution in [2.45, 2.75) is 64.1 Å². The summed E-state index contributed by atoms with van der Waals surface area (Å²) < 4.78 is 5.76. The Labute approximate surface area is 98.1 Å². The highest BCUT2D eigenvalue weighted by molar-refractivity contribution is 5.66. The largest absolute Gasteiger partial charge is 0.369 e. The molecule has 0 amide bonds. The van der Waals surface area contributed by atoms with Crippen LogP contribution in [0.5, 0.6) is 0 Å². The SMILES string of the molecule is CC(=C[C]=O)CCC1OC1C1CCCCC1. The van der Waals surface area contributed by atoms with Gasteiger partial charge in [-0.2, -0.15) is 0 Å². The molecule has 2 heteroatoms. The fourth-order valence-corrected chi connectivity index (χ4v) is 2.81. The second-order valence-electron chi connectivity index (χ2n) is 5.18. The van der Waals surface area contributed by atoms with E-state index in [4.69, 9.17) is 4.74 Å². The molecule has 89 valence electrons. The number of allylic oxidation sites excluding steroid dienone is 2. The van der Waals surface area contributed by atoms with Gasteiger partial charge in [-0.25, -0.2) is 0 Å². The van der Waals surface area contributed by atoms with E-state index in [0.29, 0.717) is 12.2 Å². The molecule has 0 N–H and O–H groups in total. The van der Waals surface area contributed by atoms with Crippen molar-refractivity contribution in [2.24, 2.45) is 5.92 Å². The minimum absolute atomic E-state index is 0.470. The van der Waals surface area contributed by atoms with Crippen LogP contribution in [0, 0.1) is 5.92 Å². The third-order valence-electron chi connectivity index (χ3n) is 3.86. The molecular formula is C14H21O2. The summed E-state index contributed by atoms with van der Waals surface area (Å²) in [4.78, 5) is 10.2. The quantitative estimate of drug-likeness (QED) is 0.527. The first-order chi connectivity index (χ1) is 7.81.